The second-order valence-corrected chi connectivity index (χ2v) is 6.47. The molecule has 0 aliphatic rings. The lowest BCUT2D eigenvalue weighted by Gasteiger charge is -2.06. The molecule has 0 atom stereocenters. The molecule has 0 heterocycles. The van der Waals surface area contributed by atoms with E-state index in [1.807, 2.05) is 0 Å². The van der Waals surface area contributed by atoms with Crippen LogP contribution in [0.25, 0.3) is 0 Å². The molecule has 0 aliphatic carbocycles. The van der Waals surface area contributed by atoms with E-state index in [1.54, 1.807) is 0 Å². The first-order chi connectivity index (χ1) is 11.8. The van der Waals surface area contributed by atoms with Crippen molar-refractivity contribution < 1.29 is 14.3 Å². The van der Waals surface area contributed by atoms with Crippen LogP contribution in [0, 0.1) is 0 Å². The Hall–Kier alpha value is -0.610. The van der Waals surface area contributed by atoms with E-state index >= 15 is 0 Å². The zero-order valence-corrected chi connectivity index (χ0v) is 16.2. The summed E-state index contributed by atoms with van der Waals surface area (Å²) in [6.07, 6.45) is 13.2. The third-order valence-corrected chi connectivity index (χ3v) is 4.07. The molecule has 0 saturated carbocycles. The normalized spacial score (nSPS) is 10.9. The lowest BCUT2D eigenvalue weighted by atomic mass is 10.2. The average Bonchev–Trinajstić information content (AvgIpc) is 2.59. The van der Waals surface area contributed by atoms with Crippen LogP contribution in [0.4, 0.5) is 0 Å². The number of carbonyl (C=O) groups excluding carboxylic acids is 1. The molecule has 0 spiro atoms. The van der Waals surface area contributed by atoms with Gasteiger partial charge in [-0.05, 0) is 45.2 Å². The number of ether oxygens (including phenoxy) is 2. The van der Waals surface area contributed by atoms with Crippen molar-refractivity contribution >= 4 is 5.97 Å². The van der Waals surface area contributed by atoms with Crippen molar-refractivity contribution in [1.29, 1.82) is 0 Å². The summed E-state index contributed by atoms with van der Waals surface area (Å²) < 4.78 is 10.9. The fraction of sp³-hybridized carbons (Fsp3) is 0.950. The van der Waals surface area contributed by atoms with Crippen molar-refractivity contribution in [2.75, 3.05) is 32.9 Å². The van der Waals surface area contributed by atoms with Crippen LogP contribution in [-0.2, 0) is 14.3 Å². The maximum absolute atomic E-state index is 11.6. The van der Waals surface area contributed by atoms with Crippen LogP contribution < -0.4 is 5.32 Å². The maximum atomic E-state index is 11.6. The SMILES string of the molecule is CCCCCCOCCCCCC(=O)OCCCCCCNCC. The van der Waals surface area contributed by atoms with Crippen LogP contribution in [0.3, 0.4) is 0 Å². The minimum absolute atomic E-state index is 0.0388. The number of carbonyl (C=O) groups is 1. The number of rotatable bonds is 19. The third kappa shape index (κ3) is 19.4. The molecule has 0 aromatic rings. The molecule has 0 saturated heterocycles. The van der Waals surface area contributed by atoms with Crippen LogP contribution >= 0.6 is 0 Å². The van der Waals surface area contributed by atoms with Crippen molar-refractivity contribution in [3.8, 4) is 0 Å². The highest BCUT2D eigenvalue weighted by molar-refractivity contribution is 5.69. The first kappa shape index (κ1) is 23.4. The van der Waals surface area contributed by atoms with E-state index in [-0.39, 0.29) is 5.97 Å². The largest absolute Gasteiger partial charge is 0.466 e. The van der Waals surface area contributed by atoms with Gasteiger partial charge in [0.2, 0.25) is 0 Å². The summed E-state index contributed by atoms with van der Waals surface area (Å²) in [4.78, 5) is 11.6. The molecule has 0 rings (SSSR count). The molecule has 0 aromatic carbocycles. The molecule has 0 aromatic heterocycles. The molecule has 0 radical (unpaired) electrons. The highest BCUT2D eigenvalue weighted by Gasteiger charge is 2.02. The summed E-state index contributed by atoms with van der Waals surface area (Å²) in [7, 11) is 0. The Morgan fingerprint density at radius 1 is 0.750 bits per heavy atom. The lowest BCUT2D eigenvalue weighted by Crippen LogP contribution is -2.13. The van der Waals surface area contributed by atoms with Gasteiger partial charge >= 0.3 is 5.97 Å². The van der Waals surface area contributed by atoms with Gasteiger partial charge in [0.25, 0.3) is 0 Å². The van der Waals surface area contributed by atoms with E-state index in [1.165, 1.54) is 38.5 Å². The van der Waals surface area contributed by atoms with Crippen LogP contribution in [0.15, 0.2) is 0 Å². The fourth-order valence-corrected chi connectivity index (χ4v) is 2.52. The van der Waals surface area contributed by atoms with Gasteiger partial charge in [-0.3, -0.25) is 4.79 Å². The van der Waals surface area contributed by atoms with E-state index in [0.29, 0.717) is 13.0 Å². The molecule has 0 amide bonds. The van der Waals surface area contributed by atoms with Crippen molar-refractivity contribution in [2.45, 2.75) is 90.9 Å². The average molecular weight is 344 g/mol. The molecule has 4 heteroatoms. The topological polar surface area (TPSA) is 47.6 Å². The third-order valence-electron chi connectivity index (χ3n) is 4.07. The zero-order valence-electron chi connectivity index (χ0n) is 16.2. The fourth-order valence-electron chi connectivity index (χ4n) is 2.52. The standard InChI is InChI=1S/C20H41NO3/c1-3-5-6-12-17-23-18-13-9-10-15-20(22)24-19-14-8-7-11-16-21-4-2/h21H,3-19H2,1-2H3. The van der Waals surface area contributed by atoms with Gasteiger partial charge in [0.1, 0.15) is 0 Å². The number of nitrogens with one attached hydrogen (secondary N) is 1. The number of hydrogen-bond acceptors (Lipinski definition) is 4. The predicted octanol–water partition coefficient (Wildman–Crippen LogP) is 4.86. The highest BCUT2D eigenvalue weighted by atomic mass is 16.5. The first-order valence-electron chi connectivity index (χ1n) is 10.2. The summed E-state index contributed by atoms with van der Waals surface area (Å²) in [6.45, 7) is 8.78. The van der Waals surface area contributed by atoms with Gasteiger partial charge in [0, 0.05) is 19.6 Å². The molecular formula is C20H41NO3. The van der Waals surface area contributed by atoms with E-state index < -0.39 is 0 Å². The number of unbranched alkanes of at least 4 members (excludes halogenated alkanes) is 8. The van der Waals surface area contributed by atoms with Gasteiger partial charge in [-0.1, -0.05) is 52.4 Å². The van der Waals surface area contributed by atoms with Gasteiger partial charge in [-0.2, -0.15) is 0 Å². The van der Waals surface area contributed by atoms with E-state index in [9.17, 15) is 4.79 Å². The maximum Gasteiger partial charge on any atom is 0.305 e. The Morgan fingerprint density at radius 2 is 1.38 bits per heavy atom. The van der Waals surface area contributed by atoms with Crippen molar-refractivity contribution in [3.63, 3.8) is 0 Å². The van der Waals surface area contributed by atoms with Gasteiger partial charge < -0.3 is 14.8 Å². The molecule has 0 bridgehead atoms. The Labute approximate surface area is 150 Å². The summed E-state index contributed by atoms with van der Waals surface area (Å²) in [5.74, 6) is -0.0388. The van der Waals surface area contributed by atoms with Gasteiger partial charge in [0.15, 0.2) is 0 Å². The number of hydrogen-bond donors (Lipinski definition) is 1. The zero-order chi connectivity index (χ0) is 17.7. The molecule has 144 valence electrons. The Kier molecular flexibility index (Phi) is 19.9. The van der Waals surface area contributed by atoms with Crippen LogP contribution in [-0.4, -0.2) is 38.9 Å². The molecule has 1 N–H and O–H groups in total. The summed E-state index contributed by atoms with van der Waals surface area (Å²) in [6, 6.07) is 0. The molecule has 4 nitrogen and oxygen atoms in total. The van der Waals surface area contributed by atoms with Crippen LogP contribution in [0.2, 0.25) is 0 Å². The summed E-state index contributed by atoms with van der Waals surface area (Å²) in [5, 5.41) is 3.32. The van der Waals surface area contributed by atoms with Gasteiger partial charge in [0.05, 0.1) is 6.61 Å². The highest BCUT2D eigenvalue weighted by Crippen LogP contribution is 2.05. The van der Waals surface area contributed by atoms with Crippen molar-refractivity contribution in [1.82, 2.24) is 5.32 Å². The van der Waals surface area contributed by atoms with Crippen LogP contribution in [0.1, 0.15) is 90.9 Å². The Morgan fingerprint density at radius 3 is 2.08 bits per heavy atom. The number of esters is 1. The minimum Gasteiger partial charge on any atom is -0.466 e. The lowest BCUT2D eigenvalue weighted by molar-refractivity contribution is -0.143. The Bertz CT molecular complexity index is 259. The van der Waals surface area contributed by atoms with E-state index in [2.05, 4.69) is 19.2 Å². The van der Waals surface area contributed by atoms with Crippen molar-refractivity contribution in [2.24, 2.45) is 0 Å². The van der Waals surface area contributed by atoms with Gasteiger partial charge in [-0.25, -0.2) is 0 Å². The monoisotopic (exact) mass is 343 g/mol. The van der Waals surface area contributed by atoms with E-state index in [0.717, 1.165) is 58.4 Å². The van der Waals surface area contributed by atoms with Crippen molar-refractivity contribution in [3.05, 3.63) is 0 Å². The second-order valence-electron chi connectivity index (χ2n) is 6.47. The Balaban J connectivity index is 3.13. The minimum atomic E-state index is -0.0388. The molecule has 0 aliphatic heterocycles. The molecule has 24 heavy (non-hydrogen) atoms. The predicted molar refractivity (Wildman–Crippen MR) is 101 cm³/mol. The van der Waals surface area contributed by atoms with E-state index in [4.69, 9.17) is 9.47 Å². The molecular weight excluding hydrogens is 302 g/mol. The second kappa shape index (κ2) is 20.4. The van der Waals surface area contributed by atoms with Gasteiger partial charge in [-0.15, -0.1) is 0 Å². The summed E-state index contributed by atoms with van der Waals surface area (Å²) >= 11 is 0. The summed E-state index contributed by atoms with van der Waals surface area (Å²) in [5.41, 5.74) is 0. The molecule has 0 unspecified atom stereocenters. The molecule has 0 fully saturated rings. The first-order valence-corrected chi connectivity index (χ1v) is 10.2. The smallest absolute Gasteiger partial charge is 0.305 e. The van der Waals surface area contributed by atoms with Crippen LogP contribution in [0.5, 0.6) is 0 Å². The quantitative estimate of drug-likeness (QED) is 0.269.